The van der Waals surface area contributed by atoms with Gasteiger partial charge in [0.25, 0.3) is 0 Å². The first-order chi connectivity index (χ1) is 7.59. The molecule has 0 radical (unpaired) electrons. The smallest absolute Gasteiger partial charge is 0.212 e. The van der Waals surface area contributed by atoms with Gasteiger partial charge in [-0.3, -0.25) is 0 Å². The molecule has 0 unspecified atom stereocenters. The van der Waals surface area contributed by atoms with E-state index in [2.05, 4.69) is 11.8 Å². The van der Waals surface area contributed by atoms with Crippen LogP contribution in [-0.4, -0.2) is 6.18 Å². The van der Waals surface area contributed by atoms with Gasteiger partial charge in [-0.05, 0) is 33.3 Å². The lowest BCUT2D eigenvalue weighted by Gasteiger charge is -2.16. The Hall–Kier alpha value is -1.24. The molecule has 0 aliphatic heterocycles. The highest BCUT2D eigenvalue weighted by Crippen LogP contribution is 2.35. The fourth-order valence-corrected chi connectivity index (χ4v) is 1.34. The summed E-state index contributed by atoms with van der Waals surface area (Å²) in [5.41, 5.74) is -1.34. The maximum absolute atomic E-state index is 12.9. The molecule has 0 aromatic heterocycles. The Balaban J connectivity index is 3.19. The Morgan fingerprint density at radius 3 is 2.18 bits per heavy atom. The highest BCUT2D eigenvalue weighted by Gasteiger charge is 2.36. The Morgan fingerprint density at radius 1 is 1.12 bits per heavy atom. The third-order valence-corrected chi connectivity index (χ3v) is 2.13. The largest absolute Gasteiger partial charge is 0.417 e. The summed E-state index contributed by atoms with van der Waals surface area (Å²) in [6.07, 6.45) is -3.98. The number of allylic oxidation sites excluding steroid dienone is 4. The molecule has 17 heavy (non-hydrogen) atoms. The van der Waals surface area contributed by atoms with E-state index in [-0.39, 0.29) is 23.8 Å². The fraction of sp³-hybridized carbons (Fsp3) is 0.538. The molecule has 0 saturated heterocycles. The van der Waals surface area contributed by atoms with Gasteiger partial charge >= 0.3 is 6.18 Å². The van der Waals surface area contributed by atoms with Crippen molar-refractivity contribution in [1.29, 1.82) is 0 Å². The van der Waals surface area contributed by atoms with Crippen molar-refractivity contribution in [3.8, 4) is 11.8 Å². The van der Waals surface area contributed by atoms with Crippen LogP contribution in [0.3, 0.4) is 0 Å². The number of hydrogen-bond donors (Lipinski definition) is 0. The van der Waals surface area contributed by atoms with E-state index < -0.39 is 17.6 Å². The van der Waals surface area contributed by atoms with Gasteiger partial charge in [-0.25, -0.2) is 4.39 Å². The van der Waals surface area contributed by atoms with Gasteiger partial charge in [0.2, 0.25) is 0 Å². The van der Waals surface area contributed by atoms with Crippen LogP contribution in [0.5, 0.6) is 0 Å². The highest BCUT2D eigenvalue weighted by molar-refractivity contribution is 5.45. The van der Waals surface area contributed by atoms with Crippen LogP contribution in [0.15, 0.2) is 23.0 Å². The molecule has 1 aliphatic rings. The van der Waals surface area contributed by atoms with Crippen molar-refractivity contribution >= 4 is 0 Å². The molecule has 1 rings (SSSR count). The van der Waals surface area contributed by atoms with Gasteiger partial charge in [0.1, 0.15) is 5.83 Å². The average molecular weight is 246 g/mol. The molecule has 1 aliphatic carbocycles. The van der Waals surface area contributed by atoms with Crippen molar-refractivity contribution in [2.75, 3.05) is 0 Å². The second-order valence-corrected chi connectivity index (χ2v) is 4.98. The van der Waals surface area contributed by atoms with E-state index in [0.29, 0.717) is 6.08 Å². The predicted octanol–water partition coefficient (Wildman–Crippen LogP) is 4.54. The fourth-order valence-electron chi connectivity index (χ4n) is 1.34. The standard InChI is InChI=1S/C13H14F4/c1-12(2,3)7-6-9-4-5-10(14)8-11(9)13(15,16)17/h8H,4-5H2,1-3H3. The third kappa shape index (κ3) is 4.26. The normalized spacial score (nSPS) is 17.5. The molecule has 0 atom stereocenters. The molecule has 0 aromatic rings. The molecule has 94 valence electrons. The molecular weight excluding hydrogens is 232 g/mol. The van der Waals surface area contributed by atoms with Crippen LogP contribution in [0, 0.1) is 17.3 Å². The third-order valence-electron chi connectivity index (χ3n) is 2.13. The van der Waals surface area contributed by atoms with Crippen molar-refractivity contribution in [3.05, 3.63) is 23.0 Å². The molecule has 4 heteroatoms. The van der Waals surface area contributed by atoms with E-state index in [1.807, 2.05) is 20.8 Å². The topological polar surface area (TPSA) is 0 Å². The maximum Gasteiger partial charge on any atom is 0.417 e. The second kappa shape index (κ2) is 4.56. The Kier molecular flexibility index (Phi) is 3.71. The van der Waals surface area contributed by atoms with Crippen LogP contribution in [-0.2, 0) is 0 Å². The van der Waals surface area contributed by atoms with Crippen molar-refractivity contribution in [1.82, 2.24) is 0 Å². The van der Waals surface area contributed by atoms with Gasteiger partial charge in [0.05, 0.1) is 5.57 Å². The van der Waals surface area contributed by atoms with Crippen molar-refractivity contribution in [3.63, 3.8) is 0 Å². The Bertz CT molecular complexity index is 419. The Labute approximate surface area is 98.4 Å². The molecule has 0 amide bonds. The summed E-state index contributed by atoms with van der Waals surface area (Å²) in [4.78, 5) is 0. The minimum Gasteiger partial charge on any atom is -0.212 e. The van der Waals surface area contributed by atoms with E-state index in [1.165, 1.54) is 0 Å². The zero-order chi connectivity index (χ0) is 13.3. The van der Waals surface area contributed by atoms with E-state index in [9.17, 15) is 17.6 Å². The quantitative estimate of drug-likeness (QED) is 0.434. The number of rotatable bonds is 0. The summed E-state index contributed by atoms with van der Waals surface area (Å²) in [7, 11) is 0. The summed E-state index contributed by atoms with van der Waals surface area (Å²) in [6.45, 7) is 5.44. The van der Waals surface area contributed by atoms with E-state index in [4.69, 9.17) is 0 Å². The van der Waals surface area contributed by atoms with E-state index in [1.54, 1.807) is 0 Å². The summed E-state index contributed by atoms with van der Waals surface area (Å²) in [5.74, 6) is 4.55. The lowest BCUT2D eigenvalue weighted by molar-refractivity contribution is -0.0893. The summed E-state index contributed by atoms with van der Waals surface area (Å²) >= 11 is 0. The van der Waals surface area contributed by atoms with Gasteiger partial charge in [-0.1, -0.05) is 11.8 Å². The number of hydrogen-bond acceptors (Lipinski definition) is 0. The average Bonchev–Trinajstić information content (AvgIpc) is 2.13. The van der Waals surface area contributed by atoms with Crippen LogP contribution in [0.25, 0.3) is 0 Å². The van der Waals surface area contributed by atoms with Crippen molar-refractivity contribution in [2.24, 2.45) is 5.41 Å². The summed E-state index contributed by atoms with van der Waals surface area (Å²) in [6, 6.07) is 0. The molecular formula is C13H14F4. The van der Waals surface area contributed by atoms with E-state index in [0.717, 1.165) is 0 Å². The molecule has 0 N–H and O–H groups in total. The summed E-state index contributed by atoms with van der Waals surface area (Å²) < 4.78 is 50.8. The second-order valence-electron chi connectivity index (χ2n) is 4.98. The van der Waals surface area contributed by atoms with Crippen molar-refractivity contribution < 1.29 is 17.6 Å². The zero-order valence-corrected chi connectivity index (χ0v) is 10.0. The first-order valence-corrected chi connectivity index (χ1v) is 5.29. The first-order valence-electron chi connectivity index (χ1n) is 5.29. The predicted molar refractivity (Wildman–Crippen MR) is 58.7 cm³/mol. The number of alkyl halides is 3. The van der Waals surface area contributed by atoms with E-state index >= 15 is 0 Å². The zero-order valence-electron chi connectivity index (χ0n) is 10.0. The molecule has 0 nitrogen and oxygen atoms in total. The lowest BCUT2D eigenvalue weighted by atomic mass is 9.93. The van der Waals surface area contributed by atoms with Gasteiger partial charge in [-0.15, -0.1) is 0 Å². The first kappa shape index (κ1) is 13.8. The van der Waals surface area contributed by atoms with Crippen LogP contribution in [0.2, 0.25) is 0 Å². The van der Waals surface area contributed by atoms with Gasteiger partial charge in [0.15, 0.2) is 0 Å². The monoisotopic (exact) mass is 246 g/mol. The SMILES string of the molecule is CC(C)(C)C#CC1=C(C(F)(F)F)C=C(F)CC1. The summed E-state index contributed by atoms with van der Waals surface area (Å²) in [5, 5.41) is 0. The van der Waals surface area contributed by atoms with Crippen molar-refractivity contribution in [2.45, 2.75) is 39.8 Å². The van der Waals surface area contributed by atoms with Crippen LogP contribution < -0.4 is 0 Å². The lowest BCUT2D eigenvalue weighted by Crippen LogP contribution is -2.15. The molecule has 0 fully saturated rings. The van der Waals surface area contributed by atoms with Crippen LogP contribution >= 0.6 is 0 Å². The molecule has 0 heterocycles. The minimum absolute atomic E-state index is 0.00621. The maximum atomic E-state index is 12.9. The van der Waals surface area contributed by atoms with Crippen LogP contribution in [0.1, 0.15) is 33.6 Å². The number of halogens is 4. The van der Waals surface area contributed by atoms with Gasteiger partial charge in [-0.2, -0.15) is 13.2 Å². The van der Waals surface area contributed by atoms with Crippen LogP contribution in [0.4, 0.5) is 17.6 Å². The minimum atomic E-state index is -4.54. The molecule has 0 bridgehead atoms. The van der Waals surface area contributed by atoms with Gasteiger partial charge in [0, 0.05) is 17.4 Å². The molecule has 0 saturated carbocycles. The Morgan fingerprint density at radius 2 is 1.71 bits per heavy atom. The van der Waals surface area contributed by atoms with Gasteiger partial charge < -0.3 is 0 Å². The molecule has 0 aromatic carbocycles. The molecule has 0 spiro atoms. The highest BCUT2D eigenvalue weighted by atomic mass is 19.4.